The van der Waals surface area contributed by atoms with Gasteiger partial charge in [-0.2, -0.15) is 0 Å². The lowest BCUT2D eigenvalue weighted by atomic mass is 10.1. The Morgan fingerprint density at radius 3 is 3.08 bits per heavy atom. The summed E-state index contributed by atoms with van der Waals surface area (Å²) in [7, 11) is 1.77. The molecule has 1 saturated heterocycles. The second kappa shape index (κ2) is 8.98. The fraction of sp³-hybridized carbons (Fsp3) is 0.529. The van der Waals surface area contributed by atoms with Crippen LogP contribution in [0.1, 0.15) is 23.5 Å². The van der Waals surface area contributed by atoms with E-state index in [-0.39, 0.29) is 6.10 Å². The molecule has 0 aromatic carbocycles. The number of nitrogens with zero attached hydrogens (tertiary/aromatic N) is 3. The molecule has 2 N–H and O–H groups in total. The lowest BCUT2D eigenvalue weighted by Gasteiger charge is -2.37. The Labute approximate surface area is 152 Å². The van der Waals surface area contributed by atoms with Gasteiger partial charge in [0.15, 0.2) is 5.96 Å². The minimum Gasteiger partial charge on any atom is -0.376 e. The van der Waals surface area contributed by atoms with Gasteiger partial charge >= 0.3 is 0 Å². The van der Waals surface area contributed by atoms with Crippen molar-refractivity contribution in [2.45, 2.75) is 25.6 Å². The maximum atomic E-state index is 5.69. The molecule has 3 heterocycles. The summed E-state index contributed by atoms with van der Waals surface area (Å²) in [6, 6.07) is 6.44. The summed E-state index contributed by atoms with van der Waals surface area (Å²) < 4.78 is 10.5. The van der Waals surface area contributed by atoms with E-state index >= 15 is 0 Å². The van der Waals surface area contributed by atoms with Gasteiger partial charge in [0, 0.05) is 37.6 Å². The van der Waals surface area contributed by atoms with Crippen LogP contribution in [0.3, 0.4) is 0 Å². The molecule has 1 aliphatic rings. The molecule has 0 radical (unpaired) electrons. The molecule has 2 aromatic heterocycles. The van der Waals surface area contributed by atoms with Crippen LogP contribution in [-0.4, -0.2) is 55.4 Å². The highest BCUT2D eigenvalue weighted by Crippen LogP contribution is 2.26. The molecule has 1 aliphatic heterocycles. The largest absolute Gasteiger partial charge is 0.376 e. The molecule has 2 unspecified atom stereocenters. The topological polar surface area (TPSA) is 74.9 Å². The van der Waals surface area contributed by atoms with E-state index in [0.29, 0.717) is 12.6 Å². The normalized spacial score (nSPS) is 20.4. The number of aromatic nitrogens is 1. The van der Waals surface area contributed by atoms with Crippen molar-refractivity contribution in [3.8, 4) is 0 Å². The van der Waals surface area contributed by atoms with Crippen LogP contribution in [0.25, 0.3) is 0 Å². The zero-order valence-corrected chi connectivity index (χ0v) is 15.5. The summed E-state index contributed by atoms with van der Waals surface area (Å²) in [5.74, 6) is 0.755. The van der Waals surface area contributed by atoms with E-state index in [1.807, 2.05) is 6.07 Å². The number of nitrogens with one attached hydrogen (secondary N) is 2. The molecule has 0 saturated carbocycles. The van der Waals surface area contributed by atoms with E-state index in [0.717, 1.165) is 37.9 Å². The zero-order chi connectivity index (χ0) is 17.5. The molecule has 0 spiro atoms. The van der Waals surface area contributed by atoms with Gasteiger partial charge in [0.2, 0.25) is 0 Å². The van der Waals surface area contributed by atoms with Crippen LogP contribution in [0.15, 0.2) is 39.4 Å². The number of ether oxygens (including phenoxy) is 1. The van der Waals surface area contributed by atoms with Crippen LogP contribution >= 0.6 is 11.3 Å². The van der Waals surface area contributed by atoms with Gasteiger partial charge in [0.05, 0.1) is 25.3 Å². The first-order valence-corrected chi connectivity index (χ1v) is 9.37. The highest BCUT2D eigenvalue weighted by Gasteiger charge is 2.26. The van der Waals surface area contributed by atoms with Gasteiger partial charge in [-0.3, -0.25) is 9.89 Å². The van der Waals surface area contributed by atoms with E-state index in [4.69, 9.17) is 9.26 Å². The number of aliphatic imine (C=N–C) groups is 1. The van der Waals surface area contributed by atoms with E-state index in [1.165, 1.54) is 4.88 Å². The molecule has 8 heteroatoms. The number of morpholine rings is 1. The average molecular weight is 363 g/mol. The van der Waals surface area contributed by atoms with Gasteiger partial charge in [0.1, 0.15) is 12.0 Å². The minimum absolute atomic E-state index is 0.265. The summed E-state index contributed by atoms with van der Waals surface area (Å²) in [4.78, 5) is 8.14. The van der Waals surface area contributed by atoms with Crippen LogP contribution < -0.4 is 10.6 Å². The quantitative estimate of drug-likeness (QED) is 0.603. The standard InChI is InChI=1S/C17H25N5O2S/c1-13-12-22(6-8-23-13)15(16-4-3-9-25-16)11-20-17(18-2)19-10-14-5-7-24-21-14/h3-5,7,9,13,15H,6,8,10-12H2,1-2H3,(H2,18,19,20). The van der Waals surface area contributed by atoms with Crippen molar-refractivity contribution in [3.05, 3.63) is 40.4 Å². The predicted octanol–water partition coefficient (Wildman–Crippen LogP) is 1.86. The van der Waals surface area contributed by atoms with Gasteiger partial charge < -0.3 is 19.9 Å². The number of rotatable bonds is 6. The first-order valence-electron chi connectivity index (χ1n) is 8.49. The van der Waals surface area contributed by atoms with Gasteiger partial charge in [0.25, 0.3) is 0 Å². The maximum Gasteiger partial charge on any atom is 0.191 e. The zero-order valence-electron chi connectivity index (χ0n) is 14.6. The molecule has 7 nitrogen and oxygen atoms in total. The molecule has 3 rings (SSSR count). The maximum absolute atomic E-state index is 5.69. The first kappa shape index (κ1) is 17.9. The second-order valence-electron chi connectivity index (χ2n) is 6.01. The molecular weight excluding hydrogens is 338 g/mol. The number of hydrogen-bond acceptors (Lipinski definition) is 6. The number of hydrogen-bond donors (Lipinski definition) is 2. The summed E-state index contributed by atoms with van der Waals surface area (Å²) in [6.45, 7) is 6.15. The Hall–Kier alpha value is -1.90. The van der Waals surface area contributed by atoms with Crippen molar-refractivity contribution in [2.75, 3.05) is 33.3 Å². The summed E-state index contributed by atoms with van der Waals surface area (Å²) in [5, 5.41) is 12.7. The summed E-state index contributed by atoms with van der Waals surface area (Å²) >= 11 is 1.79. The Morgan fingerprint density at radius 1 is 1.48 bits per heavy atom. The third-order valence-corrected chi connectivity index (χ3v) is 5.17. The van der Waals surface area contributed by atoms with Gasteiger partial charge in [-0.1, -0.05) is 11.2 Å². The van der Waals surface area contributed by atoms with E-state index in [9.17, 15) is 0 Å². The Bertz CT molecular complexity index is 644. The highest BCUT2D eigenvalue weighted by atomic mass is 32.1. The molecule has 0 bridgehead atoms. The molecule has 0 aliphatic carbocycles. The van der Waals surface area contributed by atoms with Crippen molar-refractivity contribution >= 4 is 17.3 Å². The van der Waals surface area contributed by atoms with Crippen molar-refractivity contribution in [3.63, 3.8) is 0 Å². The van der Waals surface area contributed by atoms with Gasteiger partial charge in [-0.15, -0.1) is 11.3 Å². The molecule has 1 fully saturated rings. The average Bonchev–Trinajstić information content (AvgIpc) is 3.32. The molecule has 2 atom stereocenters. The van der Waals surface area contributed by atoms with Crippen LogP contribution in [0.5, 0.6) is 0 Å². The molecule has 0 amide bonds. The second-order valence-corrected chi connectivity index (χ2v) is 6.98. The van der Waals surface area contributed by atoms with Crippen molar-refractivity contribution < 1.29 is 9.26 Å². The van der Waals surface area contributed by atoms with E-state index < -0.39 is 0 Å². The van der Waals surface area contributed by atoms with E-state index in [1.54, 1.807) is 24.6 Å². The molecule has 136 valence electrons. The molecule has 25 heavy (non-hydrogen) atoms. The van der Waals surface area contributed by atoms with Crippen molar-refractivity contribution in [1.29, 1.82) is 0 Å². The van der Waals surface area contributed by atoms with Crippen molar-refractivity contribution in [2.24, 2.45) is 4.99 Å². The SMILES string of the molecule is CN=C(NCc1ccon1)NCC(c1cccs1)N1CCOC(C)C1. The van der Waals surface area contributed by atoms with Crippen molar-refractivity contribution in [1.82, 2.24) is 20.7 Å². The lowest BCUT2D eigenvalue weighted by molar-refractivity contribution is -0.0334. The van der Waals surface area contributed by atoms with E-state index in [2.05, 4.69) is 50.1 Å². The third kappa shape index (κ3) is 5.04. The van der Waals surface area contributed by atoms with Crippen LogP contribution in [0.2, 0.25) is 0 Å². The summed E-state index contributed by atoms with van der Waals surface area (Å²) in [5.41, 5.74) is 0.847. The highest BCUT2D eigenvalue weighted by molar-refractivity contribution is 7.10. The summed E-state index contributed by atoms with van der Waals surface area (Å²) in [6.07, 6.45) is 1.83. The minimum atomic E-state index is 0.265. The fourth-order valence-electron chi connectivity index (χ4n) is 2.94. The number of thiophene rings is 1. The Morgan fingerprint density at radius 2 is 2.40 bits per heavy atom. The van der Waals surface area contributed by atoms with Gasteiger partial charge in [-0.25, -0.2) is 0 Å². The smallest absolute Gasteiger partial charge is 0.191 e. The fourth-order valence-corrected chi connectivity index (χ4v) is 3.80. The molecule has 2 aromatic rings. The molecular formula is C17H25N5O2S. The third-order valence-electron chi connectivity index (χ3n) is 4.20. The first-order chi connectivity index (χ1) is 12.3. The van der Waals surface area contributed by atoms with Crippen LogP contribution in [0.4, 0.5) is 0 Å². The van der Waals surface area contributed by atoms with Gasteiger partial charge in [-0.05, 0) is 18.4 Å². The predicted molar refractivity (Wildman–Crippen MR) is 98.8 cm³/mol. The Balaban J connectivity index is 1.59. The van der Waals surface area contributed by atoms with Crippen LogP contribution in [-0.2, 0) is 11.3 Å². The monoisotopic (exact) mass is 363 g/mol. The van der Waals surface area contributed by atoms with Crippen LogP contribution in [0, 0.1) is 0 Å². The lowest BCUT2D eigenvalue weighted by Crippen LogP contribution is -2.47. The Kier molecular flexibility index (Phi) is 6.43. The number of guanidine groups is 1.